The quantitative estimate of drug-likeness (QED) is 0.734. The van der Waals surface area contributed by atoms with Gasteiger partial charge in [-0.2, -0.15) is 18.3 Å². The van der Waals surface area contributed by atoms with Crippen LogP contribution in [-0.4, -0.2) is 24.9 Å². The molecule has 0 spiro atoms. The van der Waals surface area contributed by atoms with Crippen molar-refractivity contribution in [3.63, 3.8) is 0 Å². The van der Waals surface area contributed by atoms with Gasteiger partial charge in [0.1, 0.15) is 16.9 Å². The molecule has 142 valence electrons. The number of benzene rings is 1. The highest BCUT2D eigenvalue weighted by Crippen LogP contribution is 2.46. The summed E-state index contributed by atoms with van der Waals surface area (Å²) in [6.45, 7) is 1.21. The van der Waals surface area contributed by atoms with Crippen LogP contribution in [0.3, 0.4) is 0 Å². The topological polar surface area (TPSA) is 83.8 Å². The third kappa shape index (κ3) is 2.64. The molecule has 2 heterocycles. The predicted octanol–water partition coefficient (Wildman–Crippen LogP) is 2.87. The molecule has 0 radical (unpaired) electrons. The molecule has 27 heavy (non-hydrogen) atoms. The molecule has 0 aliphatic heterocycles. The number of halogens is 3. The fourth-order valence-corrected chi connectivity index (χ4v) is 3.72. The van der Waals surface area contributed by atoms with Crippen LogP contribution >= 0.6 is 0 Å². The number of H-pyrrole nitrogens is 1. The Morgan fingerprint density at radius 2 is 1.93 bits per heavy atom. The maximum Gasteiger partial charge on any atom is 0.416 e. The molecule has 9 heteroatoms. The zero-order valence-corrected chi connectivity index (χ0v) is 14.5. The van der Waals surface area contributed by atoms with Crippen molar-refractivity contribution in [2.24, 2.45) is 0 Å². The number of aromatic amines is 1. The number of nitrogens with one attached hydrogen (secondary N) is 1. The Hall–Kier alpha value is -2.68. The second-order valence-corrected chi connectivity index (χ2v) is 6.83. The van der Waals surface area contributed by atoms with Gasteiger partial charge in [0.2, 0.25) is 0 Å². The van der Waals surface area contributed by atoms with E-state index in [0.29, 0.717) is 29.9 Å². The van der Waals surface area contributed by atoms with Crippen LogP contribution in [0, 0.1) is 6.92 Å². The molecule has 2 N–H and O–H groups in total. The minimum atomic E-state index is -4.40. The molecule has 1 aromatic carbocycles. The number of nitrogens with zero attached hydrogens (tertiary/aromatic N) is 3. The van der Waals surface area contributed by atoms with Gasteiger partial charge in [-0.25, -0.2) is 9.67 Å². The molecule has 1 fully saturated rings. The second-order valence-electron chi connectivity index (χ2n) is 6.83. The van der Waals surface area contributed by atoms with Crippen LogP contribution in [0.15, 0.2) is 29.1 Å². The van der Waals surface area contributed by atoms with Gasteiger partial charge in [-0.15, -0.1) is 0 Å². The van der Waals surface area contributed by atoms with Crippen LogP contribution < -0.4 is 5.56 Å². The Morgan fingerprint density at radius 3 is 2.44 bits per heavy atom. The fraction of sp³-hybridized carbons (Fsp3) is 0.389. The lowest BCUT2D eigenvalue weighted by atomic mass is 9.71. The second kappa shape index (κ2) is 5.91. The smallest absolute Gasteiger partial charge is 0.390 e. The Labute approximate surface area is 151 Å². The van der Waals surface area contributed by atoms with E-state index in [2.05, 4.69) is 15.1 Å². The lowest BCUT2D eigenvalue weighted by molar-refractivity contribution is -0.137. The van der Waals surface area contributed by atoms with Crippen LogP contribution in [0.5, 0.6) is 0 Å². The number of alkyl halides is 3. The van der Waals surface area contributed by atoms with Crippen LogP contribution in [0.4, 0.5) is 13.2 Å². The van der Waals surface area contributed by atoms with E-state index < -0.39 is 29.4 Å². The average molecular weight is 378 g/mol. The normalized spacial score (nSPS) is 16.5. The first kappa shape index (κ1) is 17.7. The Kier molecular flexibility index (Phi) is 3.88. The van der Waals surface area contributed by atoms with Crippen LogP contribution in [0.1, 0.15) is 41.9 Å². The van der Waals surface area contributed by atoms with Gasteiger partial charge in [-0.3, -0.25) is 4.79 Å². The minimum Gasteiger partial charge on any atom is -0.390 e. The van der Waals surface area contributed by atoms with Gasteiger partial charge in [-0.1, -0.05) is 12.1 Å². The number of fused-ring (bicyclic) bond motifs is 1. The largest absolute Gasteiger partial charge is 0.416 e. The minimum absolute atomic E-state index is 0.205. The molecule has 6 nitrogen and oxygen atoms in total. The third-order valence-corrected chi connectivity index (χ3v) is 5.21. The first-order valence-corrected chi connectivity index (χ1v) is 8.54. The molecule has 2 aromatic heterocycles. The number of hydrogen-bond donors (Lipinski definition) is 2. The summed E-state index contributed by atoms with van der Waals surface area (Å²) in [6.07, 6.45) is -2.21. The predicted molar refractivity (Wildman–Crippen MR) is 91.2 cm³/mol. The molecule has 0 unspecified atom stereocenters. The number of aliphatic hydroxyl groups is 1. The number of aryl methyl sites for hydroxylation is 1. The first-order valence-electron chi connectivity index (χ1n) is 8.54. The van der Waals surface area contributed by atoms with Crippen molar-refractivity contribution in [3.05, 3.63) is 57.3 Å². The van der Waals surface area contributed by atoms with E-state index in [1.54, 1.807) is 11.6 Å². The number of hydrogen-bond acceptors (Lipinski definition) is 4. The van der Waals surface area contributed by atoms with Crippen molar-refractivity contribution in [1.29, 1.82) is 0 Å². The molecule has 1 aliphatic carbocycles. The van der Waals surface area contributed by atoms with E-state index in [1.807, 2.05) is 0 Å². The summed E-state index contributed by atoms with van der Waals surface area (Å²) in [5.41, 5.74) is -0.572. The van der Waals surface area contributed by atoms with Gasteiger partial charge in [0.15, 0.2) is 5.65 Å². The van der Waals surface area contributed by atoms with Crippen molar-refractivity contribution >= 4 is 11.0 Å². The van der Waals surface area contributed by atoms with E-state index >= 15 is 0 Å². The summed E-state index contributed by atoms with van der Waals surface area (Å²) in [5, 5.41) is 14.2. The van der Waals surface area contributed by atoms with Crippen LogP contribution in [0.25, 0.3) is 11.0 Å². The van der Waals surface area contributed by atoms with Gasteiger partial charge >= 0.3 is 6.18 Å². The Bertz CT molecular complexity index is 1060. The van der Waals surface area contributed by atoms with Gasteiger partial charge in [0, 0.05) is 0 Å². The van der Waals surface area contributed by atoms with Gasteiger partial charge in [0.25, 0.3) is 5.56 Å². The zero-order chi connectivity index (χ0) is 19.4. The highest BCUT2D eigenvalue weighted by atomic mass is 19.4. The van der Waals surface area contributed by atoms with Crippen LogP contribution in [0.2, 0.25) is 0 Å². The third-order valence-electron chi connectivity index (χ3n) is 5.21. The lowest BCUT2D eigenvalue weighted by Gasteiger charge is -2.42. The summed E-state index contributed by atoms with van der Waals surface area (Å²) in [6, 6.07) is 5.02. The van der Waals surface area contributed by atoms with Crippen molar-refractivity contribution in [2.45, 2.75) is 44.5 Å². The summed E-state index contributed by atoms with van der Waals surface area (Å²) in [4.78, 5) is 19.3. The highest BCUT2D eigenvalue weighted by Gasteiger charge is 2.44. The van der Waals surface area contributed by atoms with Crippen molar-refractivity contribution < 1.29 is 18.3 Å². The van der Waals surface area contributed by atoms with E-state index in [9.17, 15) is 23.1 Å². The molecule has 3 aromatic rings. The van der Waals surface area contributed by atoms with E-state index in [4.69, 9.17) is 0 Å². The molecule has 0 amide bonds. The molecule has 0 saturated heterocycles. The van der Waals surface area contributed by atoms with E-state index in [0.717, 1.165) is 18.6 Å². The van der Waals surface area contributed by atoms with E-state index in [1.165, 1.54) is 12.1 Å². The van der Waals surface area contributed by atoms with Crippen molar-refractivity contribution in [3.8, 4) is 0 Å². The van der Waals surface area contributed by atoms with Gasteiger partial charge in [-0.05, 0) is 43.9 Å². The molecular weight excluding hydrogens is 361 g/mol. The lowest BCUT2D eigenvalue weighted by Crippen LogP contribution is -2.42. The number of aliphatic hydroxyl groups excluding tert-OH is 1. The standard InChI is InChI=1S/C18H17F3N4O2/c1-10-22-15-14(16(27)23-10)13(9-26)24-25(15)17(7-2-8-17)11-3-5-12(6-4-11)18(19,20)21/h3-6,26H,2,7-9H2,1H3,(H,22,23,27). The molecule has 1 saturated carbocycles. The Balaban J connectivity index is 1.92. The zero-order valence-electron chi connectivity index (χ0n) is 14.5. The highest BCUT2D eigenvalue weighted by molar-refractivity contribution is 5.77. The summed E-state index contributed by atoms with van der Waals surface area (Å²) in [7, 11) is 0. The van der Waals surface area contributed by atoms with Crippen molar-refractivity contribution in [2.75, 3.05) is 0 Å². The molecule has 0 bridgehead atoms. The maximum absolute atomic E-state index is 12.9. The van der Waals surface area contributed by atoms with Crippen molar-refractivity contribution in [1.82, 2.24) is 19.7 Å². The molecule has 1 aliphatic rings. The first-order chi connectivity index (χ1) is 12.8. The summed E-state index contributed by atoms with van der Waals surface area (Å²) < 4.78 is 40.3. The Morgan fingerprint density at radius 1 is 1.26 bits per heavy atom. The SMILES string of the molecule is Cc1nc2c(c(CO)nn2C2(c3ccc(C(F)(F)F)cc3)CCC2)c(=O)[nH]1. The molecular formula is C18H17F3N4O2. The summed E-state index contributed by atoms with van der Waals surface area (Å²) >= 11 is 0. The summed E-state index contributed by atoms with van der Waals surface area (Å²) in [5.74, 6) is 0.403. The van der Waals surface area contributed by atoms with E-state index in [-0.39, 0.29) is 11.1 Å². The number of aromatic nitrogens is 4. The van der Waals surface area contributed by atoms with Crippen LogP contribution in [-0.2, 0) is 18.3 Å². The molecule has 0 atom stereocenters. The van der Waals surface area contributed by atoms with Gasteiger partial charge in [0.05, 0.1) is 17.7 Å². The van der Waals surface area contributed by atoms with Gasteiger partial charge < -0.3 is 10.1 Å². The average Bonchev–Trinajstić information content (AvgIpc) is 2.93. The number of rotatable bonds is 3. The molecule has 4 rings (SSSR count). The fourth-order valence-electron chi connectivity index (χ4n) is 3.72. The monoisotopic (exact) mass is 378 g/mol. The maximum atomic E-state index is 12.9.